The zero-order chi connectivity index (χ0) is 19.1. The maximum atomic E-state index is 13.4. The minimum atomic E-state index is 0.355. The SMILES string of the molecule is COc1ccc(C2CCCCN(C(=O)CC34CC5CC(CC(C5)C3)C4)C2)cc1. The van der Waals surface area contributed by atoms with E-state index in [4.69, 9.17) is 4.74 Å². The number of amides is 1. The minimum absolute atomic E-state index is 0.355. The number of methoxy groups -OCH3 is 1. The number of hydrogen-bond acceptors (Lipinski definition) is 2. The Labute approximate surface area is 169 Å². The number of hydrogen-bond donors (Lipinski definition) is 0. The summed E-state index contributed by atoms with van der Waals surface area (Å²) in [5.41, 5.74) is 1.71. The molecule has 1 unspecified atom stereocenters. The molecule has 0 spiro atoms. The van der Waals surface area contributed by atoms with Gasteiger partial charge in [-0.05, 0) is 92.2 Å². The van der Waals surface area contributed by atoms with Crippen molar-refractivity contribution in [2.24, 2.45) is 23.2 Å². The van der Waals surface area contributed by atoms with Crippen molar-refractivity contribution < 1.29 is 9.53 Å². The fraction of sp³-hybridized carbons (Fsp3) is 0.720. The third-order valence-corrected chi connectivity index (χ3v) is 8.30. The number of ether oxygens (including phenoxy) is 1. The third-order valence-electron chi connectivity index (χ3n) is 8.30. The lowest BCUT2D eigenvalue weighted by atomic mass is 9.49. The maximum absolute atomic E-state index is 13.4. The summed E-state index contributed by atoms with van der Waals surface area (Å²) in [5, 5.41) is 0. The summed E-state index contributed by atoms with van der Waals surface area (Å²) < 4.78 is 5.31. The largest absolute Gasteiger partial charge is 0.497 e. The molecule has 4 bridgehead atoms. The zero-order valence-corrected chi connectivity index (χ0v) is 17.4. The van der Waals surface area contributed by atoms with E-state index in [0.29, 0.717) is 17.2 Å². The summed E-state index contributed by atoms with van der Waals surface area (Å²) in [5.74, 6) is 4.60. The van der Waals surface area contributed by atoms with E-state index >= 15 is 0 Å². The molecule has 1 atom stereocenters. The summed E-state index contributed by atoms with van der Waals surface area (Å²) in [7, 11) is 1.71. The molecular weight excluding hydrogens is 346 g/mol. The molecule has 1 aromatic carbocycles. The lowest BCUT2D eigenvalue weighted by Gasteiger charge is -2.57. The first-order chi connectivity index (χ1) is 13.6. The van der Waals surface area contributed by atoms with Crippen LogP contribution in [0.2, 0.25) is 0 Å². The van der Waals surface area contributed by atoms with Crippen LogP contribution < -0.4 is 4.74 Å². The number of carbonyl (C=O) groups is 1. The predicted octanol–water partition coefficient (Wildman–Crippen LogP) is 5.40. The molecule has 1 aliphatic heterocycles. The second kappa shape index (κ2) is 7.39. The molecule has 4 aliphatic carbocycles. The van der Waals surface area contributed by atoms with Crippen molar-refractivity contribution in [2.45, 2.75) is 70.1 Å². The number of rotatable bonds is 4. The molecule has 28 heavy (non-hydrogen) atoms. The molecule has 1 saturated heterocycles. The van der Waals surface area contributed by atoms with Crippen LogP contribution >= 0.6 is 0 Å². The molecule has 1 aromatic rings. The van der Waals surface area contributed by atoms with Crippen molar-refractivity contribution in [1.82, 2.24) is 4.90 Å². The Morgan fingerprint density at radius 1 is 1.04 bits per heavy atom. The zero-order valence-electron chi connectivity index (χ0n) is 17.4. The quantitative estimate of drug-likeness (QED) is 0.699. The lowest BCUT2D eigenvalue weighted by Crippen LogP contribution is -2.48. The van der Waals surface area contributed by atoms with Gasteiger partial charge in [-0.25, -0.2) is 0 Å². The van der Waals surface area contributed by atoms with Gasteiger partial charge >= 0.3 is 0 Å². The van der Waals surface area contributed by atoms with Gasteiger partial charge in [-0.1, -0.05) is 18.6 Å². The van der Waals surface area contributed by atoms with Gasteiger partial charge in [0, 0.05) is 25.4 Å². The highest BCUT2D eigenvalue weighted by atomic mass is 16.5. The van der Waals surface area contributed by atoms with Crippen LogP contribution in [0.3, 0.4) is 0 Å². The molecule has 1 amide bonds. The fourth-order valence-corrected chi connectivity index (χ4v) is 7.46. The number of likely N-dealkylation sites (tertiary alicyclic amines) is 1. The first kappa shape index (κ1) is 18.5. The van der Waals surface area contributed by atoms with Gasteiger partial charge in [0.1, 0.15) is 5.75 Å². The van der Waals surface area contributed by atoms with Crippen LogP contribution in [0.1, 0.15) is 75.7 Å². The van der Waals surface area contributed by atoms with Gasteiger partial charge in [-0.3, -0.25) is 4.79 Å². The maximum Gasteiger partial charge on any atom is 0.223 e. The van der Waals surface area contributed by atoms with Crippen LogP contribution in [-0.4, -0.2) is 31.0 Å². The summed E-state index contributed by atoms with van der Waals surface area (Å²) in [4.78, 5) is 15.6. The van der Waals surface area contributed by atoms with Gasteiger partial charge < -0.3 is 9.64 Å². The molecule has 1 heterocycles. The van der Waals surface area contributed by atoms with Crippen LogP contribution in [0.15, 0.2) is 24.3 Å². The van der Waals surface area contributed by atoms with Gasteiger partial charge in [0.2, 0.25) is 5.91 Å². The number of carbonyl (C=O) groups excluding carboxylic acids is 1. The van der Waals surface area contributed by atoms with Gasteiger partial charge in [-0.2, -0.15) is 0 Å². The van der Waals surface area contributed by atoms with Crippen molar-refractivity contribution in [3.8, 4) is 5.75 Å². The van der Waals surface area contributed by atoms with Crippen LogP contribution in [0, 0.1) is 23.2 Å². The van der Waals surface area contributed by atoms with Crippen LogP contribution in [-0.2, 0) is 4.79 Å². The molecule has 5 aliphatic rings. The average molecular weight is 382 g/mol. The average Bonchev–Trinajstić information content (AvgIpc) is 2.93. The van der Waals surface area contributed by atoms with Crippen LogP contribution in [0.25, 0.3) is 0 Å². The van der Waals surface area contributed by atoms with Crippen molar-refractivity contribution >= 4 is 5.91 Å². The highest BCUT2D eigenvalue weighted by Crippen LogP contribution is 2.61. The molecule has 3 heteroatoms. The molecule has 6 rings (SSSR count). The first-order valence-corrected chi connectivity index (χ1v) is 11.5. The van der Waals surface area contributed by atoms with E-state index in [-0.39, 0.29) is 0 Å². The summed E-state index contributed by atoms with van der Waals surface area (Å²) in [6.45, 7) is 1.86. The van der Waals surface area contributed by atoms with Crippen LogP contribution in [0.4, 0.5) is 0 Å². The normalized spacial score (nSPS) is 37.0. The third kappa shape index (κ3) is 3.57. The van der Waals surface area contributed by atoms with E-state index in [0.717, 1.165) is 49.4 Å². The lowest BCUT2D eigenvalue weighted by molar-refractivity contribution is -0.139. The van der Waals surface area contributed by atoms with E-state index in [1.807, 2.05) is 0 Å². The van der Waals surface area contributed by atoms with Crippen molar-refractivity contribution in [2.75, 3.05) is 20.2 Å². The van der Waals surface area contributed by atoms with Crippen LogP contribution in [0.5, 0.6) is 5.75 Å². The fourth-order valence-electron chi connectivity index (χ4n) is 7.46. The van der Waals surface area contributed by atoms with Gasteiger partial charge in [0.15, 0.2) is 0 Å². The Hall–Kier alpha value is -1.51. The second-order valence-corrected chi connectivity index (χ2v) is 10.4. The molecule has 4 saturated carbocycles. The molecule has 152 valence electrons. The summed E-state index contributed by atoms with van der Waals surface area (Å²) in [6.07, 6.45) is 12.8. The Morgan fingerprint density at radius 3 is 2.29 bits per heavy atom. The summed E-state index contributed by atoms with van der Waals surface area (Å²) in [6, 6.07) is 8.50. The van der Waals surface area contributed by atoms with E-state index in [1.165, 1.54) is 56.9 Å². The first-order valence-electron chi connectivity index (χ1n) is 11.5. The minimum Gasteiger partial charge on any atom is -0.497 e. The Balaban J connectivity index is 1.27. The molecular formula is C25H35NO2. The number of benzene rings is 1. The van der Waals surface area contributed by atoms with Crippen molar-refractivity contribution in [1.29, 1.82) is 0 Å². The van der Waals surface area contributed by atoms with Gasteiger partial charge in [0.25, 0.3) is 0 Å². The number of nitrogens with zero attached hydrogens (tertiary/aromatic N) is 1. The Morgan fingerprint density at radius 2 is 1.68 bits per heavy atom. The standard InChI is InChI=1S/C25H35NO2/c1-28-23-7-5-21(6-8-23)22-4-2-3-9-26(17-22)24(27)16-25-13-18-10-19(14-25)12-20(11-18)15-25/h5-8,18-20,22H,2-4,9-17H2,1H3. The molecule has 5 fully saturated rings. The molecule has 0 radical (unpaired) electrons. The van der Waals surface area contributed by atoms with Gasteiger partial charge in [0.05, 0.1) is 7.11 Å². The second-order valence-electron chi connectivity index (χ2n) is 10.4. The van der Waals surface area contributed by atoms with Crippen molar-refractivity contribution in [3.05, 3.63) is 29.8 Å². The molecule has 0 aromatic heterocycles. The predicted molar refractivity (Wildman–Crippen MR) is 111 cm³/mol. The highest BCUT2D eigenvalue weighted by molar-refractivity contribution is 5.77. The van der Waals surface area contributed by atoms with E-state index < -0.39 is 0 Å². The highest BCUT2D eigenvalue weighted by Gasteiger charge is 2.51. The van der Waals surface area contributed by atoms with Gasteiger partial charge in [-0.15, -0.1) is 0 Å². The summed E-state index contributed by atoms with van der Waals surface area (Å²) >= 11 is 0. The smallest absolute Gasteiger partial charge is 0.223 e. The molecule has 3 nitrogen and oxygen atoms in total. The van der Waals surface area contributed by atoms with E-state index in [1.54, 1.807) is 7.11 Å². The van der Waals surface area contributed by atoms with E-state index in [2.05, 4.69) is 29.2 Å². The monoisotopic (exact) mass is 381 g/mol. The topological polar surface area (TPSA) is 29.5 Å². The Kier molecular flexibility index (Phi) is 4.88. The molecule has 0 N–H and O–H groups in total. The van der Waals surface area contributed by atoms with E-state index in [9.17, 15) is 4.79 Å². The Bertz CT molecular complexity index is 674. The van der Waals surface area contributed by atoms with Crippen molar-refractivity contribution in [3.63, 3.8) is 0 Å².